The van der Waals surface area contributed by atoms with Crippen LogP contribution in [-0.4, -0.2) is 25.9 Å². The molecule has 0 unspecified atom stereocenters. The number of hydrogen-bond acceptors (Lipinski definition) is 1. The highest BCUT2D eigenvalue weighted by Crippen LogP contribution is 2.27. The summed E-state index contributed by atoms with van der Waals surface area (Å²) in [5.74, 6) is 0. The molecule has 0 fully saturated rings. The summed E-state index contributed by atoms with van der Waals surface area (Å²) in [6, 6.07) is 2.64. The van der Waals surface area contributed by atoms with E-state index in [2.05, 4.69) is 45.8 Å². The van der Waals surface area contributed by atoms with E-state index in [1.54, 1.807) is 0 Å². The van der Waals surface area contributed by atoms with Crippen molar-refractivity contribution in [2.75, 3.05) is 13.1 Å². The molecule has 0 saturated carbocycles. The Morgan fingerprint density at radius 1 is 1.00 bits per heavy atom. The van der Waals surface area contributed by atoms with E-state index < -0.39 is 8.24 Å². The van der Waals surface area contributed by atoms with E-state index in [9.17, 15) is 0 Å². The van der Waals surface area contributed by atoms with Gasteiger partial charge in [0.25, 0.3) is 0 Å². The molecule has 0 aliphatic carbocycles. The maximum Gasteiger partial charge on any atom is 0.154 e. The second-order valence-electron chi connectivity index (χ2n) is 4.51. The highest BCUT2D eigenvalue weighted by molar-refractivity contribution is 6.83. The predicted octanol–water partition coefficient (Wildman–Crippen LogP) is 4.21. The summed E-state index contributed by atoms with van der Waals surface area (Å²) < 4.78 is 2.77. The molecule has 2 heteroatoms. The zero-order valence-corrected chi connectivity index (χ0v) is 12.4. The molecule has 0 radical (unpaired) electrons. The normalized spacial score (nSPS) is 12.1. The molecule has 0 aliphatic rings. The summed E-state index contributed by atoms with van der Waals surface area (Å²) in [4.78, 5) is 0. The molecule has 0 aliphatic heterocycles. The number of allylic oxidation sites excluding steroid dienone is 1. The first kappa shape index (κ1) is 14.9. The Kier molecular flexibility index (Phi) is 7.19. The lowest BCUT2D eigenvalue weighted by Gasteiger charge is -2.42. The van der Waals surface area contributed by atoms with Gasteiger partial charge in [-0.3, -0.25) is 0 Å². The van der Waals surface area contributed by atoms with Crippen LogP contribution in [0, 0.1) is 0 Å². The Labute approximate surface area is 97.6 Å². The molecule has 0 aromatic rings. The summed E-state index contributed by atoms with van der Waals surface area (Å²) in [6.07, 6.45) is 2.53. The molecule has 0 saturated heterocycles. The van der Waals surface area contributed by atoms with Crippen LogP contribution in [0.5, 0.6) is 0 Å². The molecule has 0 aromatic carbocycles. The molecule has 0 bridgehead atoms. The van der Waals surface area contributed by atoms with Gasteiger partial charge >= 0.3 is 0 Å². The third-order valence-electron chi connectivity index (χ3n) is 3.56. The summed E-state index contributed by atoms with van der Waals surface area (Å²) in [7, 11) is -1.35. The fraction of sp³-hybridized carbons (Fsp3) is 0.846. The van der Waals surface area contributed by atoms with Crippen LogP contribution in [-0.2, 0) is 0 Å². The van der Waals surface area contributed by atoms with Gasteiger partial charge in [-0.2, -0.15) is 0 Å². The predicted molar refractivity (Wildman–Crippen MR) is 73.7 cm³/mol. The monoisotopic (exact) mass is 227 g/mol. The maximum atomic E-state index is 4.27. The van der Waals surface area contributed by atoms with Gasteiger partial charge in [-0.25, -0.2) is 0 Å². The third kappa shape index (κ3) is 3.46. The SMILES string of the molecule is C=C(C)[Si](CC)(CC)N(CCC)CCC. The topological polar surface area (TPSA) is 3.24 Å². The molecular weight excluding hydrogens is 198 g/mol. The molecule has 0 heterocycles. The second-order valence-corrected chi connectivity index (χ2v) is 9.47. The van der Waals surface area contributed by atoms with Gasteiger partial charge in [0.05, 0.1) is 0 Å². The molecule has 0 amide bonds. The van der Waals surface area contributed by atoms with Crippen LogP contribution in [0.15, 0.2) is 11.8 Å². The number of hydrogen-bond donors (Lipinski definition) is 0. The number of rotatable bonds is 8. The molecule has 15 heavy (non-hydrogen) atoms. The van der Waals surface area contributed by atoms with Crippen molar-refractivity contribution in [1.29, 1.82) is 0 Å². The lowest BCUT2D eigenvalue weighted by atomic mass is 10.4. The molecule has 0 aromatic heterocycles. The molecule has 0 N–H and O–H groups in total. The average Bonchev–Trinajstić information content (AvgIpc) is 2.20. The second kappa shape index (κ2) is 7.23. The van der Waals surface area contributed by atoms with Crippen molar-refractivity contribution in [1.82, 2.24) is 4.57 Å². The van der Waals surface area contributed by atoms with Crippen molar-refractivity contribution in [2.45, 2.75) is 59.5 Å². The van der Waals surface area contributed by atoms with E-state index in [4.69, 9.17) is 0 Å². The third-order valence-corrected chi connectivity index (χ3v) is 9.14. The molecular formula is C13H29NSi. The average molecular weight is 227 g/mol. The minimum absolute atomic E-state index is 1.26. The van der Waals surface area contributed by atoms with Crippen molar-refractivity contribution in [3.8, 4) is 0 Å². The standard InChI is InChI=1S/C13H29NSi/c1-7-11-14(12-8-2)15(9-3,10-4)13(5)6/h5,7-12H2,1-4,6H3. The van der Waals surface area contributed by atoms with Crippen molar-refractivity contribution in [3.63, 3.8) is 0 Å². The summed E-state index contributed by atoms with van der Waals surface area (Å²) in [5, 5.41) is 1.47. The fourth-order valence-electron chi connectivity index (χ4n) is 2.65. The minimum Gasteiger partial charge on any atom is -0.320 e. The Morgan fingerprint density at radius 2 is 1.40 bits per heavy atom. The Balaban J connectivity index is 4.87. The molecule has 0 rings (SSSR count). The van der Waals surface area contributed by atoms with E-state index in [0.29, 0.717) is 0 Å². The Morgan fingerprint density at radius 3 is 1.60 bits per heavy atom. The molecule has 0 atom stereocenters. The highest BCUT2D eigenvalue weighted by atomic mass is 28.3. The zero-order chi connectivity index (χ0) is 11.9. The highest BCUT2D eigenvalue weighted by Gasteiger charge is 2.36. The van der Waals surface area contributed by atoms with Crippen molar-refractivity contribution in [2.24, 2.45) is 0 Å². The van der Waals surface area contributed by atoms with Gasteiger partial charge in [0.2, 0.25) is 0 Å². The van der Waals surface area contributed by atoms with Crippen molar-refractivity contribution < 1.29 is 0 Å². The largest absolute Gasteiger partial charge is 0.320 e. The van der Waals surface area contributed by atoms with Crippen LogP contribution >= 0.6 is 0 Å². The molecule has 90 valence electrons. The van der Waals surface area contributed by atoms with Crippen LogP contribution in [0.3, 0.4) is 0 Å². The van der Waals surface area contributed by atoms with Crippen LogP contribution < -0.4 is 0 Å². The van der Waals surface area contributed by atoms with E-state index >= 15 is 0 Å². The van der Waals surface area contributed by atoms with E-state index in [1.807, 2.05) is 0 Å². The van der Waals surface area contributed by atoms with Gasteiger partial charge in [-0.15, -0.1) is 6.58 Å². The van der Waals surface area contributed by atoms with Crippen LogP contribution in [0.2, 0.25) is 12.1 Å². The summed E-state index contributed by atoms with van der Waals surface area (Å²) in [5.41, 5.74) is 0. The van der Waals surface area contributed by atoms with Gasteiger partial charge in [0.1, 0.15) is 0 Å². The lowest BCUT2D eigenvalue weighted by molar-refractivity contribution is 0.415. The minimum atomic E-state index is -1.35. The first-order valence-electron chi connectivity index (χ1n) is 6.50. The smallest absolute Gasteiger partial charge is 0.154 e. The molecule has 0 spiro atoms. The van der Waals surface area contributed by atoms with Crippen LogP contribution in [0.1, 0.15) is 47.5 Å². The summed E-state index contributed by atoms with van der Waals surface area (Å²) in [6.45, 7) is 18.3. The van der Waals surface area contributed by atoms with Crippen LogP contribution in [0.25, 0.3) is 0 Å². The van der Waals surface area contributed by atoms with Gasteiger partial charge in [-0.1, -0.05) is 32.9 Å². The van der Waals surface area contributed by atoms with Gasteiger partial charge in [0, 0.05) is 0 Å². The van der Waals surface area contributed by atoms with E-state index in [1.165, 1.54) is 43.2 Å². The van der Waals surface area contributed by atoms with Gasteiger partial charge in [0.15, 0.2) is 8.24 Å². The van der Waals surface area contributed by atoms with Gasteiger partial charge < -0.3 is 4.57 Å². The van der Waals surface area contributed by atoms with E-state index in [0.717, 1.165) is 0 Å². The maximum absolute atomic E-state index is 4.27. The van der Waals surface area contributed by atoms with Gasteiger partial charge in [-0.05, 0) is 44.9 Å². The Bertz CT molecular complexity index is 179. The molecule has 1 nitrogen and oxygen atoms in total. The quantitative estimate of drug-likeness (QED) is 0.562. The van der Waals surface area contributed by atoms with Crippen molar-refractivity contribution >= 4 is 8.24 Å². The zero-order valence-electron chi connectivity index (χ0n) is 11.4. The van der Waals surface area contributed by atoms with Crippen LogP contribution in [0.4, 0.5) is 0 Å². The Hall–Kier alpha value is -0.0831. The lowest BCUT2D eigenvalue weighted by Crippen LogP contribution is -2.54. The first-order valence-corrected chi connectivity index (χ1v) is 8.86. The number of nitrogens with zero attached hydrogens (tertiary/aromatic N) is 1. The fourth-order valence-corrected chi connectivity index (χ4v) is 7.09. The summed E-state index contributed by atoms with van der Waals surface area (Å²) >= 11 is 0. The first-order chi connectivity index (χ1) is 7.08. The van der Waals surface area contributed by atoms with Crippen molar-refractivity contribution in [3.05, 3.63) is 11.8 Å². The van der Waals surface area contributed by atoms with E-state index in [-0.39, 0.29) is 0 Å².